The van der Waals surface area contributed by atoms with E-state index in [9.17, 15) is 0 Å². The highest BCUT2D eigenvalue weighted by atomic mass is 16.5. The van der Waals surface area contributed by atoms with Crippen molar-refractivity contribution < 1.29 is 9.47 Å². The minimum atomic E-state index is -0.0607. The Morgan fingerprint density at radius 2 is 1.93 bits per heavy atom. The molecule has 1 fully saturated rings. The van der Waals surface area contributed by atoms with Crippen LogP contribution >= 0.6 is 0 Å². The van der Waals surface area contributed by atoms with E-state index in [0.717, 1.165) is 19.4 Å². The zero-order chi connectivity index (χ0) is 11.1. The average Bonchev–Trinajstić information content (AvgIpc) is 2.27. The van der Waals surface area contributed by atoms with Crippen LogP contribution in [-0.2, 0) is 9.47 Å². The Morgan fingerprint density at radius 1 is 1.27 bits per heavy atom. The smallest absolute Gasteiger partial charge is 0.0808 e. The summed E-state index contributed by atoms with van der Waals surface area (Å²) in [5, 5.41) is 0. The molecule has 0 aromatic heterocycles. The molecule has 0 heterocycles. The molecule has 0 spiro atoms. The molecule has 1 aliphatic rings. The normalized spacial score (nSPS) is 22.6. The van der Waals surface area contributed by atoms with Crippen molar-refractivity contribution in [3.63, 3.8) is 0 Å². The van der Waals surface area contributed by atoms with Crippen LogP contribution in [0.4, 0.5) is 0 Å². The molecule has 90 valence electrons. The van der Waals surface area contributed by atoms with Crippen LogP contribution in [0.3, 0.4) is 0 Å². The summed E-state index contributed by atoms with van der Waals surface area (Å²) in [5.41, 5.74) is 5.79. The Bertz CT molecular complexity index is 167. The molecule has 1 saturated carbocycles. The third-order valence-electron chi connectivity index (χ3n) is 3.14. The van der Waals surface area contributed by atoms with Crippen LogP contribution in [0.5, 0.6) is 0 Å². The van der Waals surface area contributed by atoms with Crippen molar-refractivity contribution in [2.45, 2.75) is 57.7 Å². The summed E-state index contributed by atoms with van der Waals surface area (Å²) >= 11 is 0. The maximum absolute atomic E-state index is 6.08. The molecule has 3 nitrogen and oxygen atoms in total. The molecule has 0 aromatic carbocycles. The van der Waals surface area contributed by atoms with E-state index in [1.165, 1.54) is 19.3 Å². The maximum Gasteiger partial charge on any atom is 0.0808 e. The highest BCUT2D eigenvalue weighted by Crippen LogP contribution is 2.31. The topological polar surface area (TPSA) is 44.5 Å². The molecule has 1 atom stereocenters. The van der Waals surface area contributed by atoms with Gasteiger partial charge in [-0.15, -0.1) is 0 Å². The van der Waals surface area contributed by atoms with E-state index in [-0.39, 0.29) is 11.7 Å². The van der Waals surface area contributed by atoms with E-state index in [2.05, 4.69) is 6.92 Å². The molecule has 1 rings (SSSR count). The number of hydrogen-bond acceptors (Lipinski definition) is 3. The second kappa shape index (κ2) is 6.46. The molecule has 0 aliphatic heterocycles. The predicted molar refractivity (Wildman–Crippen MR) is 61.9 cm³/mol. The molecule has 2 N–H and O–H groups in total. The summed E-state index contributed by atoms with van der Waals surface area (Å²) in [6, 6.07) is 0. The van der Waals surface area contributed by atoms with Gasteiger partial charge in [0, 0.05) is 13.2 Å². The summed E-state index contributed by atoms with van der Waals surface area (Å²) in [6.45, 7) is 6.15. The van der Waals surface area contributed by atoms with Crippen LogP contribution in [0, 0.1) is 0 Å². The van der Waals surface area contributed by atoms with Gasteiger partial charge in [-0.05, 0) is 26.7 Å². The molecule has 0 bridgehead atoms. The van der Waals surface area contributed by atoms with Crippen LogP contribution in [-0.4, -0.2) is 31.5 Å². The quantitative estimate of drug-likeness (QED) is 0.738. The van der Waals surface area contributed by atoms with E-state index >= 15 is 0 Å². The molecular weight excluding hydrogens is 190 g/mol. The number of hydrogen-bond donors (Lipinski definition) is 1. The van der Waals surface area contributed by atoms with E-state index in [4.69, 9.17) is 15.2 Å². The predicted octanol–water partition coefficient (Wildman–Crippen LogP) is 2.09. The summed E-state index contributed by atoms with van der Waals surface area (Å²) in [7, 11) is 0. The van der Waals surface area contributed by atoms with Crippen molar-refractivity contribution in [3.8, 4) is 0 Å². The molecule has 0 aromatic rings. The monoisotopic (exact) mass is 215 g/mol. The summed E-state index contributed by atoms with van der Waals surface area (Å²) in [4.78, 5) is 0. The Kier molecular flexibility index (Phi) is 5.58. The highest BCUT2D eigenvalue weighted by molar-refractivity contribution is 4.86. The van der Waals surface area contributed by atoms with Gasteiger partial charge >= 0.3 is 0 Å². The maximum atomic E-state index is 6.08. The van der Waals surface area contributed by atoms with Gasteiger partial charge in [-0.3, -0.25) is 0 Å². The van der Waals surface area contributed by atoms with Crippen molar-refractivity contribution in [3.05, 3.63) is 0 Å². The van der Waals surface area contributed by atoms with E-state index in [0.29, 0.717) is 13.2 Å². The molecule has 3 heteroatoms. The van der Waals surface area contributed by atoms with Gasteiger partial charge in [0.05, 0.1) is 18.3 Å². The summed E-state index contributed by atoms with van der Waals surface area (Å²) in [6.07, 6.45) is 6.20. The van der Waals surface area contributed by atoms with Gasteiger partial charge in [0.1, 0.15) is 0 Å². The lowest BCUT2D eigenvalue weighted by molar-refractivity contribution is -0.122. The van der Waals surface area contributed by atoms with Crippen molar-refractivity contribution >= 4 is 0 Å². The molecule has 0 radical (unpaired) electrons. The van der Waals surface area contributed by atoms with Crippen LogP contribution in [0.15, 0.2) is 0 Å². The lowest BCUT2D eigenvalue weighted by Crippen LogP contribution is -2.45. The molecular formula is C12H25NO2. The Labute approximate surface area is 93.3 Å². The molecule has 15 heavy (non-hydrogen) atoms. The first-order chi connectivity index (χ1) is 7.22. The van der Waals surface area contributed by atoms with Crippen LogP contribution in [0.25, 0.3) is 0 Å². The molecule has 1 aliphatic carbocycles. The van der Waals surface area contributed by atoms with Gasteiger partial charge in [0.25, 0.3) is 0 Å². The van der Waals surface area contributed by atoms with Crippen molar-refractivity contribution in [2.24, 2.45) is 5.73 Å². The van der Waals surface area contributed by atoms with Crippen LogP contribution in [0.1, 0.15) is 46.0 Å². The highest BCUT2D eigenvalue weighted by Gasteiger charge is 2.33. The van der Waals surface area contributed by atoms with Gasteiger partial charge in [0.2, 0.25) is 0 Å². The molecule has 1 unspecified atom stereocenters. The van der Waals surface area contributed by atoms with E-state index in [1.807, 2.05) is 6.92 Å². The average molecular weight is 215 g/mol. The lowest BCUT2D eigenvalue weighted by atomic mass is 9.84. The molecule has 0 saturated heterocycles. The lowest BCUT2D eigenvalue weighted by Gasteiger charge is -2.38. The van der Waals surface area contributed by atoms with Gasteiger partial charge in [0.15, 0.2) is 0 Å². The fraction of sp³-hybridized carbons (Fsp3) is 1.00. The first-order valence-electron chi connectivity index (χ1n) is 6.18. The summed E-state index contributed by atoms with van der Waals surface area (Å²) in [5.74, 6) is 0. The number of ether oxygens (including phenoxy) is 2. The summed E-state index contributed by atoms with van der Waals surface area (Å²) < 4.78 is 11.4. The van der Waals surface area contributed by atoms with Crippen LogP contribution < -0.4 is 5.73 Å². The third-order valence-corrected chi connectivity index (χ3v) is 3.14. The first kappa shape index (κ1) is 12.9. The Morgan fingerprint density at radius 3 is 2.47 bits per heavy atom. The van der Waals surface area contributed by atoms with Crippen molar-refractivity contribution in [1.29, 1.82) is 0 Å². The minimum absolute atomic E-state index is 0.0607. The van der Waals surface area contributed by atoms with Crippen molar-refractivity contribution in [2.75, 3.05) is 19.8 Å². The fourth-order valence-corrected chi connectivity index (χ4v) is 2.31. The van der Waals surface area contributed by atoms with Gasteiger partial charge in [-0.25, -0.2) is 0 Å². The van der Waals surface area contributed by atoms with Crippen LogP contribution in [0.2, 0.25) is 0 Å². The van der Waals surface area contributed by atoms with E-state index < -0.39 is 0 Å². The Balaban J connectivity index is 2.37. The van der Waals surface area contributed by atoms with Gasteiger partial charge < -0.3 is 15.2 Å². The SMILES string of the molecule is CCOCC(C)OC1(CN)CCCCC1. The largest absolute Gasteiger partial charge is 0.379 e. The van der Waals surface area contributed by atoms with E-state index in [1.54, 1.807) is 0 Å². The second-order valence-corrected chi connectivity index (χ2v) is 4.54. The fourth-order valence-electron chi connectivity index (χ4n) is 2.31. The second-order valence-electron chi connectivity index (χ2n) is 4.54. The zero-order valence-electron chi connectivity index (χ0n) is 10.1. The number of nitrogens with two attached hydrogens (primary N) is 1. The first-order valence-corrected chi connectivity index (χ1v) is 6.18. The minimum Gasteiger partial charge on any atom is -0.379 e. The standard InChI is InChI=1S/C12H25NO2/c1-3-14-9-11(2)15-12(10-13)7-5-4-6-8-12/h11H,3-10,13H2,1-2H3. The number of rotatable bonds is 6. The zero-order valence-corrected chi connectivity index (χ0v) is 10.1. The van der Waals surface area contributed by atoms with Gasteiger partial charge in [-0.2, -0.15) is 0 Å². The van der Waals surface area contributed by atoms with Gasteiger partial charge in [-0.1, -0.05) is 19.3 Å². The van der Waals surface area contributed by atoms with Crippen molar-refractivity contribution in [1.82, 2.24) is 0 Å². The third kappa shape index (κ3) is 4.09. The molecule has 0 amide bonds. The Hall–Kier alpha value is -0.120.